The zero-order valence-electron chi connectivity index (χ0n) is 13.5. The summed E-state index contributed by atoms with van der Waals surface area (Å²) in [6, 6.07) is 3.50. The second-order valence-corrected chi connectivity index (χ2v) is 5.88. The number of piperazine rings is 1. The molecular formula is C16H25Cl3N2O2. The lowest BCUT2D eigenvalue weighted by Crippen LogP contribution is -2.45. The third kappa shape index (κ3) is 5.44. The van der Waals surface area contributed by atoms with Crippen LogP contribution in [0.2, 0.25) is 5.02 Å². The third-order valence-electron chi connectivity index (χ3n) is 3.82. The number of benzene rings is 1. The number of hydrogen-bond acceptors (Lipinski definition) is 4. The van der Waals surface area contributed by atoms with Gasteiger partial charge < -0.3 is 15.2 Å². The van der Waals surface area contributed by atoms with Gasteiger partial charge in [0.25, 0.3) is 0 Å². The Kier molecular flexibility index (Phi) is 9.97. The van der Waals surface area contributed by atoms with Crippen LogP contribution in [0, 0.1) is 0 Å². The molecule has 2 N–H and O–H groups in total. The first-order chi connectivity index (χ1) is 10.0. The van der Waals surface area contributed by atoms with Crippen LogP contribution in [0.5, 0.6) is 11.5 Å². The molecular weight excluding hydrogens is 359 g/mol. The first kappa shape index (κ1) is 22.4. The van der Waals surface area contributed by atoms with Crippen LogP contribution in [-0.4, -0.2) is 43.3 Å². The maximum Gasteiger partial charge on any atom is 0.142 e. The van der Waals surface area contributed by atoms with Gasteiger partial charge in [-0.15, -0.1) is 31.4 Å². The Labute approximate surface area is 155 Å². The molecule has 132 valence electrons. The minimum absolute atomic E-state index is 0. The number of aromatic hydroxyl groups is 1. The van der Waals surface area contributed by atoms with Gasteiger partial charge in [0, 0.05) is 32.2 Å². The number of nitrogens with one attached hydrogen (secondary N) is 1. The lowest BCUT2D eigenvalue weighted by Gasteiger charge is -2.36. The minimum Gasteiger partial charge on any atom is -0.506 e. The van der Waals surface area contributed by atoms with Crippen molar-refractivity contribution in [3.63, 3.8) is 0 Å². The lowest BCUT2D eigenvalue weighted by atomic mass is 9.96. The van der Waals surface area contributed by atoms with E-state index in [0.29, 0.717) is 10.8 Å². The molecule has 0 amide bonds. The van der Waals surface area contributed by atoms with Gasteiger partial charge in [0.2, 0.25) is 0 Å². The van der Waals surface area contributed by atoms with Crippen molar-refractivity contribution in [1.82, 2.24) is 10.2 Å². The van der Waals surface area contributed by atoms with E-state index in [1.165, 1.54) is 0 Å². The van der Waals surface area contributed by atoms with E-state index in [1.54, 1.807) is 13.2 Å². The predicted octanol–water partition coefficient (Wildman–Crippen LogP) is 3.81. The van der Waals surface area contributed by atoms with Crippen LogP contribution in [0.25, 0.3) is 0 Å². The number of phenolic OH excluding ortho intramolecular Hbond substituents is 1. The van der Waals surface area contributed by atoms with Crippen LogP contribution < -0.4 is 10.1 Å². The van der Waals surface area contributed by atoms with Gasteiger partial charge in [0.05, 0.1) is 17.7 Å². The van der Waals surface area contributed by atoms with Crippen LogP contribution >= 0.6 is 36.4 Å². The van der Waals surface area contributed by atoms with Crippen molar-refractivity contribution < 1.29 is 9.84 Å². The summed E-state index contributed by atoms with van der Waals surface area (Å²) in [5.41, 5.74) is 1.83. The summed E-state index contributed by atoms with van der Waals surface area (Å²) in [7, 11) is 1.61. The molecule has 1 aromatic carbocycles. The second kappa shape index (κ2) is 10.3. The highest BCUT2D eigenvalue weighted by molar-refractivity contribution is 6.32. The molecule has 0 bridgehead atoms. The lowest BCUT2D eigenvalue weighted by molar-refractivity contribution is 0.167. The van der Waals surface area contributed by atoms with Gasteiger partial charge >= 0.3 is 0 Å². The molecule has 0 radical (unpaired) electrons. The standard InChI is InChI=1S/C16H23ClN2O2.2ClH/c1-11(2)10-13(19-8-6-18-7-9-19)15-14(21-3)5-4-12(17)16(15)20;;/h4-5,13,18,20H,1,6-10H2,2-3H3;2*1H/t13-;;/m1../s1. The SMILES string of the molecule is C=C(C)C[C@H](c1c(OC)ccc(Cl)c1O)N1CCNCC1.Cl.Cl. The first-order valence-electron chi connectivity index (χ1n) is 7.19. The Hall–Kier alpha value is -0.650. The summed E-state index contributed by atoms with van der Waals surface area (Å²) in [4.78, 5) is 2.35. The molecule has 1 aromatic rings. The highest BCUT2D eigenvalue weighted by Gasteiger charge is 2.28. The fraction of sp³-hybridized carbons (Fsp3) is 0.500. The summed E-state index contributed by atoms with van der Waals surface area (Å²) in [5.74, 6) is 0.780. The van der Waals surface area contributed by atoms with Gasteiger partial charge in [-0.2, -0.15) is 0 Å². The van der Waals surface area contributed by atoms with Crippen LogP contribution in [0.4, 0.5) is 0 Å². The average Bonchev–Trinajstić information content (AvgIpc) is 2.48. The van der Waals surface area contributed by atoms with E-state index in [0.717, 1.165) is 43.7 Å². The number of phenols is 1. The minimum atomic E-state index is 0. The van der Waals surface area contributed by atoms with Gasteiger partial charge in [-0.05, 0) is 25.5 Å². The van der Waals surface area contributed by atoms with Crippen LogP contribution in [0.15, 0.2) is 24.3 Å². The molecule has 1 aliphatic rings. The molecule has 0 saturated carbocycles. The van der Waals surface area contributed by atoms with Crippen molar-refractivity contribution in [3.8, 4) is 11.5 Å². The van der Waals surface area contributed by atoms with Crippen molar-refractivity contribution in [1.29, 1.82) is 0 Å². The quantitative estimate of drug-likeness (QED) is 0.759. The molecule has 23 heavy (non-hydrogen) atoms. The Balaban J connectivity index is 0.00000242. The van der Waals surface area contributed by atoms with Crippen molar-refractivity contribution >= 4 is 36.4 Å². The molecule has 1 atom stereocenters. The fourth-order valence-corrected chi connectivity index (χ4v) is 2.97. The summed E-state index contributed by atoms with van der Waals surface area (Å²) < 4.78 is 5.44. The van der Waals surface area contributed by atoms with Crippen LogP contribution in [0.3, 0.4) is 0 Å². The summed E-state index contributed by atoms with van der Waals surface area (Å²) in [5, 5.41) is 14.1. The molecule has 1 aliphatic heterocycles. The Morgan fingerprint density at radius 1 is 1.39 bits per heavy atom. The number of halogens is 3. The molecule has 2 rings (SSSR count). The number of methoxy groups -OCH3 is 1. The van der Waals surface area contributed by atoms with E-state index >= 15 is 0 Å². The maximum absolute atomic E-state index is 10.4. The Morgan fingerprint density at radius 2 is 2.00 bits per heavy atom. The predicted molar refractivity (Wildman–Crippen MR) is 101 cm³/mol. The van der Waals surface area contributed by atoms with Gasteiger partial charge in [-0.25, -0.2) is 0 Å². The highest BCUT2D eigenvalue weighted by atomic mass is 35.5. The van der Waals surface area contributed by atoms with E-state index in [1.807, 2.05) is 13.0 Å². The van der Waals surface area contributed by atoms with Crippen molar-refractivity contribution in [3.05, 3.63) is 34.9 Å². The van der Waals surface area contributed by atoms with E-state index < -0.39 is 0 Å². The molecule has 0 aliphatic carbocycles. The number of ether oxygens (including phenoxy) is 1. The highest BCUT2D eigenvalue weighted by Crippen LogP contribution is 2.43. The van der Waals surface area contributed by atoms with Crippen LogP contribution in [0.1, 0.15) is 24.9 Å². The topological polar surface area (TPSA) is 44.7 Å². The summed E-state index contributed by atoms with van der Waals surface area (Å²) >= 11 is 6.10. The molecule has 1 fully saturated rings. The van der Waals surface area contributed by atoms with Crippen molar-refractivity contribution in [2.75, 3.05) is 33.3 Å². The average molecular weight is 384 g/mol. The normalized spacial score (nSPS) is 16.0. The maximum atomic E-state index is 10.4. The van der Waals surface area contributed by atoms with Gasteiger partial charge in [0.1, 0.15) is 11.5 Å². The number of hydrogen-bond donors (Lipinski definition) is 2. The molecule has 1 saturated heterocycles. The zero-order chi connectivity index (χ0) is 15.4. The van der Waals surface area contributed by atoms with Gasteiger partial charge in [-0.1, -0.05) is 17.2 Å². The molecule has 7 heteroatoms. The van der Waals surface area contributed by atoms with Gasteiger partial charge in [0.15, 0.2) is 0 Å². The van der Waals surface area contributed by atoms with E-state index in [4.69, 9.17) is 16.3 Å². The summed E-state index contributed by atoms with van der Waals surface area (Å²) in [6.45, 7) is 9.76. The van der Waals surface area contributed by atoms with Crippen molar-refractivity contribution in [2.24, 2.45) is 0 Å². The molecule has 0 aromatic heterocycles. The first-order valence-corrected chi connectivity index (χ1v) is 7.57. The van der Waals surface area contributed by atoms with E-state index in [-0.39, 0.29) is 36.6 Å². The van der Waals surface area contributed by atoms with Crippen molar-refractivity contribution in [2.45, 2.75) is 19.4 Å². The monoisotopic (exact) mass is 382 g/mol. The van der Waals surface area contributed by atoms with E-state index in [2.05, 4.69) is 16.8 Å². The Bertz CT molecular complexity index is 520. The third-order valence-corrected chi connectivity index (χ3v) is 4.12. The molecule has 0 spiro atoms. The smallest absolute Gasteiger partial charge is 0.142 e. The van der Waals surface area contributed by atoms with E-state index in [9.17, 15) is 5.11 Å². The fourth-order valence-electron chi connectivity index (χ4n) is 2.80. The molecule has 1 heterocycles. The Morgan fingerprint density at radius 3 is 2.52 bits per heavy atom. The van der Waals surface area contributed by atoms with Crippen LogP contribution in [-0.2, 0) is 0 Å². The molecule has 4 nitrogen and oxygen atoms in total. The largest absolute Gasteiger partial charge is 0.506 e. The number of nitrogens with zero attached hydrogens (tertiary/aromatic N) is 1. The zero-order valence-corrected chi connectivity index (χ0v) is 15.9. The summed E-state index contributed by atoms with van der Waals surface area (Å²) in [6.07, 6.45) is 0.768. The van der Waals surface area contributed by atoms with Gasteiger partial charge in [-0.3, -0.25) is 4.90 Å². The molecule has 0 unspecified atom stereocenters. The second-order valence-electron chi connectivity index (χ2n) is 5.47. The number of rotatable bonds is 5.